The van der Waals surface area contributed by atoms with Gasteiger partial charge >= 0.3 is 0 Å². The van der Waals surface area contributed by atoms with Gasteiger partial charge in [0.1, 0.15) is 4.83 Å². The first-order chi connectivity index (χ1) is 7.25. The zero-order valence-electron chi connectivity index (χ0n) is 8.79. The van der Waals surface area contributed by atoms with Gasteiger partial charge in [-0.1, -0.05) is 0 Å². The van der Waals surface area contributed by atoms with Gasteiger partial charge in [0.15, 0.2) is 0 Å². The molecule has 0 bridgehead atoms. The minimum absolute atomic E-state index is 0.900. The Morgan fingerprint density at radius 2 is 2.27 bits per heavy atom. The lowest BCUT2D eigenvalue weighted by Crippen LogP contribution is -2.19. The maximum Gasteiger partial charge on any atom is 0.123 e. The van der Waals surface area contributed by atoms with E-state index in [0.29, 0.717) is 0 Å². The van der Waals surface area contributed by atoms with Crippen LogP contribution in [0, 0.1) is 0 Å². The van der Waals surface area contributed by atoms with Crippen LogP contribution in [0.4, 0.5) is 0 Å². The number of aromatic nitrogens is 1. The third-order valence-corrected chi connectivity index (χ3v) is 3.81. The van der Waals surface area contributed by atoms with Crippen molar-refractivity contribution < 1.29 is 0 Å². The number of hydrogen-bond donors (Lipinski definition) is 1. The van der Waals surface area contributed by atoms with E-state index in [-0.39, 0.29) is 0 Å². The van der Waals surface area contributed by atoms with Crippen LogP contribution >= 0.6 is 11.3 Å². The molecule has 3 rings (SSSR count). The van der Waals surface area contributed by atoms with Crippen LogP contribution < -0.4 is 5.32 Å². The number of allylic oxidation sites excluding steroid dienone is 2. The SMILES string of the molecule is CC1=C(C)c2nc3sccc3cc2CN1. The van der Waals surface area contributed by atoms with E-state index in [9.17, 15) is 0 Å². The highest BCUT2D eigenvalue weighted by Crippen LogP contribution is 2.29. The number of fused-ring (bicyclic) bond motifs is 2. The molecule has 1 N–H and O–H groups in total. The second-order valence-electron chi connectivity index (χ2n) is 3.91. The first kappa shape index (κ1) is 8.92. The van der Waals surface area contributed by atoms with Crippen molar-refractivity contribution in [1.82, 2.24) is 10.3 Å². The van der Waals surface area contributed by atoms with Crippen LogP contribution in [-0.4, -0.2) is 4.98 Å². The molecule has 76 valence electrons. The molecule has 0 saturated heterocycles. The van der Waals surface area contributed by atoms with E-state index in [1.54, 1.807) is 11.3 Å². The molecule has 0 amide bonds. The van der Waals surface area contributed by atoms with Crippen molar-refractivity contribution in [2.24, 2.45) is 0 Å². The van der Waals surface area contributed by atoms with Gasteiger partial charge in [-0.25, -0.2) is 4.98 Å². The van der Waals surface area contributed by atoms with E-state index in [1.165, 1.54) is 27.9 Å². The van der Waals surface area contributed by atoms with Gasteiger partial charge in [0.05, 0.1) is 5.69 Å². The fraction of sp³-hybridized carbons (Fsp3) is 0.250. The summed E-state index contributed by atoms with van der Waals surface area (Å²) in [6, 6.07) is 4.38. The van der Waals surface area contributed by atoms with Crippen LogP contribution in [0.15, 0.2) is 23.2 Å². The molecule has 0 atom stereocenters. The highest BCUT2D eigenvalue weighted by atomic mass is 32.1. The number of thiophene rings is 1. The van der Waals surface area contributed by atoms with Gasteiger partial charge in [0.2, 0.25) is 0 Å². The number of rotatable bonds is 0. The maximum atomic E-state index is 4.73. The van der Waals surface area contributed by atoms with Crippen LogP contribution in [0.2, 0.25) is 0 Å². The minimum Gasteiger partial charge on any atom is -0.384 e. The summed E-state index contributed by atoms with van der Waals surface area (Å²) in [5, 5.41) is 6.74. The summed E-state index contributed by atoms with van der Waals surface area (Å²) in [4.78, 5) is 5.87. The summed E-state index contributed by atoms with van der Waals surface area (Å²) in [6.07, 6.45) is 0. The lowest BCUT2D eigenvalue weighted by molar-refractivity contribution is 0.788. The first-order valence-corrected chi connectivity index (χ1v) is 5.92. The standard InChI is InChI=1S/C12H12N2S/c1-7-8(2)13-6-10-5-9-3-4-15-12(9)14-11(7)10/h3-5,13H,6H2,1-2H3. The Kier molecular flexibility index (Phi) is 1.83. The van der Waals surface area contributed by atoms with E-state index in [0.717, 1.165) is 11.4 Å². The zero-order valence-corrected chi connectivity index (χ0v) is 9.61. The normalized spacial score (nSPS) is 15.3. The predicted octanol–water partition coefficient (Wildman–Crippen LogP) is 3.15. The highest BCUT2D eigenvalue weighted by molar-refractivity contribution is 7.16. The average Bonchev–Trinajstić information content (AvgIpc) is 2.68. The first-order valence-electron chi connectivity index (χ1n) is 5.04. The number of nitrogens with one attached hydrogen (secondary N) is 1. The lowest BCUT2D eigenvalue weighted by atomic mass is 10.0. The van der Waals surface area contributed by atoms with E-state index >= 15 is 0 Å². The second-order valence-corrected chi connectivity index (χ2v) is 4.81. The molecule has 1 aliphatic rings. The molecule has 0 fully saturated rings. The zero-order chi connectivity index (χ0) is 10.4. The van der Waals surface area contributed by atoms with Crippen molar-refractivity contribution >= 4 is 27.1 Å². The molecular weight excluding hydrogens is 204 g/mol. The van der Waals surface area contributed by atoms with E-state index in [2.05, 4.69) is 36.7 Å². The van der Waals surface area contributed by atoms with Crippen LogP contribution in [0.3, 0.4) is 0 Å². The third kappa shape index (κ3) is 1.27. The summed E-state index contributed by atoms with van der Waals surface area (Å²) < 4.78 is 0. The number of hydrogen-bond acceptors (Lipinski definition) is 3. The molecule has 0 unspecified atom stereocenters. The van der Waals surface area contributed by atoms with E-state index in [4.69, 9.17) is 4.98 Å². The molecule has 3 heterocycles. The van der Waals surface area contributed by atoms with Crippen molar-refractivity contribution in [3.05, 3.63) is 34.5 Å². The van der Waals surface area contributed by atoms with Crippen molar-refractivity contribution in [3.8, 4) is 0 Å². The summed E-state index contributed by atoms with van der Waals surface area (Å²) in [5.41, 5.74) is 4.99. The molecule has 2 nitrogen and oxygen atoms in total. The molecule has 0 spiro atoms. The second kappa shape index (κ2) is 3.07. The molecule has 2 aromatic rings. The molecule has 0 aromatic carbocycles. The molecule has 3 heteroatoms. The van der Waals surface area contributed by atoms with Gasteiger partial charge in [-0.2, -0.15) is 0 Å². The average molecular weight is 216 g/mol. The summed E-state index contributed by atoms with van der Waals surface area (Å²) in [6.45, 7) is 5.14. The lowest BCUT2D eigenvalue weighted by Gasteiger charge is -2.19. The maximum absolute atomic E-state index is 4.73. The monoisotopic (exact) mass is 216 g/mol. The van der Waals surface area contributed by atoms with Crippen LogP contribution in [-0.2, 0) is 6.54 Å². The summed E-state index contributed by atoms with van der Waals surface area (Å²) >= 11 is 1.71. The Morgan fingerprint density at radius 1 is 1.40 bits per heavy atom. The van der Waals surface area contributed by atoms with E-state index < -0.39 is 0 Å². The van der Waals surface area contributed by atoms with Gasteiger partial charge in [0, 0.05) is 17.6 Å². The summed E-state index contributed by atoms with van der Waals surface area (Å²) in [5.74, 6) is 0. The fourth-order valence-corrected chi connectivity index (χ4v) is 2.69. The van der Waals surface area contributed by atoms with Gasteiger partial charge in [-0.15, -0.1) is 11.3 Å². The van der Waals surface area contributed by atoms with Gasteiger partial charge in [-0.3, -0.25) is 0 Å². The van der Waals surface area contributed by atoms with Crippen molar-refractivity contribution in [3.63, 3.8) is 0 Å². The largest absolute Gasteiger partial charge is 0.384 e. The van der Waals surface area contributed by atoms with Crippen LogP contribution in [0.1, 0.15) is 25.1 Å². The molecule has 15 heavy (non-hydrogen) atoms. The molecular formula is C12H12N2S. The highest BCUT2D eigenvalue weighted by Gasteiger charge is 2.15. The number of nitrogens with zero attached hydrogens (tertiary/aromatic N) is 1. The van der Waals surface area contributed by atoms with Gasteiger partial charge in [0.25, 0.3) is 0 Å². The molecule has 0 saturated carbocycles. The van der Waals surface area contributed by atoms with E-state index in [1.807, 2.05) is 0 Å². The predicted molar refractivity (Wildman–Crippen MR) is 64.7 cm³/mol. The van der Waals surface area contributed by atoms with Gasteiger partial charge < -0.3 is 5.32 Å². The Morgan fingerprint density at radius 3 is 3.13 bits per heavy atom. The molecule has 0 aliphatic carbocycles. The van der Waals surface area contributed by atoms with Gasteiger partial charge in [-0.05, 0) is 42.5 Å². The fourth-order valence-electron chi connectivity index (χ4n) is 1.94. The molecule has 2 aromatic heterocycles. The topological polar surface area (TPSA) is 24.9 Å². The quantitative estimate of drug-likeness (QED) is 0.731. The Labute approximate surface area is 92.7 Å². The van der Waals surface area contributed by atoms with Crippen LogP contribution in [0.25, 0.3) is 15.8 Å². The third-order valence-electron chi connectivity index (χ3n) is 2.98. The number of pyridine rings is 1. The molecule has 1 aliphatic heterocycles. The molecule has 0 radical (unpaired) electrons. The minimum atomic E-state index is 0.900. The Hall–Kier alpha value is -1.35. The van der Waals surface area contributed by atoms with Crippen molar-refractivity contribution in [1.29, 1.82) is 0 Å². The smallest absolute Gasteiger partial charge is 0.123 e. The van der Waals surface area contributed by atoms with Crippen molar-refractivity contribution in [2.75, 3.05) is 0 Å². The summed E-state index contributed by atoms with van der Waals surface area (Å²) in [7, 11) is 0. The Bertz CT molecular complexity index is 566. The Balaban J connectivity index is 2.33. The van der Waals surface area contributed by atoms with Crippen molar-refractivity contribution in [2.45, 2.75) is 20.4 Å². The van der Waals surface area contributed by atoms with Crippen LogP contribution in [0.5, 0.6) is 0 Å².